The molecule has 92 valence electrons. The number of aryl methyl sites for hydroxylation is 3. The molecule has 0 N–H and O–H groups in total. The molecule has 0 unspecified atom stereocenters. The lowest BCUT2D eigenvalue weighted by atomic mass is 10.3. The Morgan fingerprint density at radius 3 is 2.61 bits per heavy atom. The third kappa shape index (κ3) is 1.51. The van der Waals surface area contributed by atoms with E-state index in [1.165, 1.54) is 0 Å². The van der Waals surface area contributed by atoms with Crippen molar-refractivity contribution in [1.82, 2.24) is 19.6 Å². The summed E-state index contributed by atoms with van der Waals surface area (Å²) < 4.78 is 7.45. The van der Waals surface area contributed by atoms with E-state index >= 15 is 0 Å². The molecule has 3 rings (SSSR count). The Hall–Kier alpha value is -1.88. The van der Waals surface area contributed by atoms with Crippen molar-refractivity contribution >= 4 is 17.2 Å². The highest BCUT2D eigenvalue weighted by Gasteiger charge is 2.17. The summed E-state index contributed by atoms with van der Waals surface area (Å²) in [6, 6.07) is 3.76. The lowest BCUT2D eigenvalue weighted by molar-refractivity contribution is 0.543. The van der Waals surface area contributed by atoms with E-state index in [1.807, 2.05) is 37.3 Å². The summed E-state index contributed by atoms with van der Waals surface area (Å²) in [5.74, 6) is 2.14. The summed E-state index contributed by atoms with van der Waals surface area (Å²) in [4.78, 5) is 4.22. The van der Waals surface area contributed by atoms with Gasteiger partial charge in [-0.05, 0) is 32.9 Å². The number of hydrogen-bond acceptors (Lipinski definition) is 4. The zero-order chi connectivity index (χ0) is 12.9. The van der Waals surface area contributed by atoms with Crippen LogP contribution in [0.1, 0.15) is 17.1 Å². The fraction of sp³-hybridized carbons (Fsp3) is 0.250. The fourth-order valence-electron chi connectivity index (χ4n) is 1.89. The first-order valence-corrected chi connectivity index (χ1v) is 5.90. The summed E-state index contributed by atoms with van der Waals surface area (Å²) in [5, 5.41) is 8.55. The highest BCUT2D eigenvalue weighted by molar-refractivity contribution is 6.32. The largest absolute Gasteiger partial charge is 0.458 e. The van der Waals surface area contributed by atoms with Gasteiger partial charge in [-0.3, -0.25) is 4.40 Å². The van der Waals surface area contributed by atoms with Crippen molar-refractivity contribution in [2.24, 2.45) is 0 Å². The van der Waals surface area contributed by atoms with Crippen molar-refractivity contribution in [2.45, 2.75) is 20.8 Å². The van der Waals surface area contributed by atoms with Gasteiger partial charge in [-0.25, -0.2) is 4.98 Å². The Morgan fingerprint density at radius 1 is 1.17 bits per heavy atom. The molecule has 0 aromatic carbocycles. The van der Waals surface area contributed by atoms with Gasteiger partial charge in [0, 0.05) is 5.69 Å². The van der Waals surface area contributed by atoms with E-state index in [2.05, 4.69) is 15.2 Å². The Kier molecular flexibility index (Phi) is 2.38. The molecule has 0 fully saturated rings. The standard InChI is InChI=1S/C12H11ClN4O/c1-6-4-5-9(18-6)11-15-16-12-10(13)14-7(2)8(3)17(11)12/h4-5H,1-3H3. The van der Waals surface area contributed by atoms with Crippen LogP contribution in [0.3, 0.4) is 0 Å². The van der Waals surface area contributed by atoms with Crippen LogP contribution in [-0.2, 0) is 0 Å². The molecular formula is C12H11ClN4O. The molecular weight excluding hydrogens is 252 g/mol. The van der Waals surface area contributed by atoms with E-state index in [-0.39, 0.29) is 0 Å². The van der Waals surface area contributed by atoms with Gasteiger partial charge in [0.05, 0.1) is 5.69 Å². The first-order chi connectivity index (χ1) is 8.58. The molecule has 0 saturated heterocycles. The molecule has 3 aromatic rings. The van der Waals surface area contributed by atoms with Crippen LogP contribution >= 0.6 is 11.6 Å². The number of aromatic nitrogens is 4. The van der Waals surface area contributed by atoms with Crippen molar-refractivity contribution in [3.8, 4) is 11.6 Å². The summed E-state index contributed by atoms with van der Waals surface area (Å²) >= 11 is 6.08. The number of rotatable bonds is 1. The number of nitrogens with zero attached hydrogens (tertiary/aromatic N) is 4. The highest BCUT2D eigenvalue weighted by atomic mass is 35.5. The molecule has 18 heavy (non-hydrogen) atoms. The van der Waals surface area contributed by atoms with Gasteiger partial charge in [0.1, 0.15) is 5.76 Å². The summed E-state index contributed by atoms with van der Waals surface area (Å²) in [6.07, 6.45) is 0. The van der Waals surface area contributed by atoms with E-state index in [4.69, 9.17) is 16.0 Å². The lowest BCUT2D eigenvalue weighted by Gasteiger charge is -2.05. The Balaban J connectivity index is 2.38. The molecule has 0 spiro atoms. The predicted octanol–water partition coefficient (Wildman–Crippen LogP) is 2.96. The second kappa shape index (κ2) is 3.81. The molecule has 6 heteroatoms. The van der Waals surface area contributed by atoms with Gasteiger partial charge < -0.3 is 4.42 Å². The molecule has 0 aliphatic rings. The first kappa shape index (κ1) is 11.2. The maximum absolute atomic E-state index is 6.08. The zero-order valence-electron chi connectivity index (χ0n) is 10.2. The molecule has 0 aliphatic heterocycles. The number of furan rings is 1. The van der Waals surface area contributed by atoms with Gasteiger partial charge >= 0.3 is 0 Å². The molecule has 0 atom stereocenters. The normalized spacial score (nSPS) is 11.3. The van der Waals surface area contributed by atoms with Crippen LogP contribution in [0.4, 0.5) is 0 Å². The minimum Gasteiger partial charge on any atom is -0.458 e. The second-order valence-corrected chi connectivity index (χ2v) is 4.52. The monoisotopic (exact) mass is 262 g/mol. The van der Waals surface area contributed by atoms with Crippen molar-refractivity contribution in [1.29, 1.82) is 0 Å². The maximum atomic E-state index is 6.08. The molecule has 3 aromatic heterocycles. The maximum Gasteiger partial charge on any atom is 0.204 e. The Morgan fingerprint density at radius 2 is 1.94 bits per heavy atom. The molecule has 5 nitrogen and oxygen atoms in total. The first-order valence-electron chi connectivity index (χ1n) is 5.52. The Labute approximate surface area is 108 Å². The minimum absolute atomic E-state index is 0.347. The molecule has 0 amide bonds. The average Bonchev–Trinajstić information content (AvgIpc) is 2.91. The van der Waals surface area contributed by atoms with Crippen molar-refractivity contribution < 1.29 is 4.42 Å². The van der Waals surface area contributed by atoms with Crippen LogP contribution in [0, 0.1) is 20.8 Å². The topological polar surface area (TPSA) is 56.2 Å². The van der Waals surface area contributed by atoms with Crippen molar-refractivity contribution in [3.05, 3.63) is 34.4 Å². The number of fused-ring (bicyclic) bond motifs is 1. The van der Waals surface area contributed by atoms with Crippen molar-refractivity contribution in [3.63, 3.8) is 0 Å². The van der Waals surface area contributed by atoms with Gasteiger partial charge in [0.2, 0.25) is 5.82 Å². The van der Waals surface area contributed by atoms with Crippen LogP contribution in [0.15, 0.2) is 16.5 Å². The molecule has 3 heterocycles. The summed E-state index contributed by atoms with van der Waals surface area (Å²) in [5.41, 5.74) is 2.34. The zero-order valence-corrected chi connectivity index (χ0v) is 11.0. The van der Waals surface area contributed by atoms with Crippen LogP contribution in [-0.4, -0.2) is 19.6 Å². The van der Waals surface area contributed by atoms with Crippen LogP contribution in [0.2, 0.25) is 5.15 Å². The third-order valence-electron chi connectivity index (χ3n) is 2.93. The van der Waals surface area contributed by atoms with Gasteiger partial charge in [-0.2, -0.15) is 0 Å². The highest BCUT2D eigenvalue weighted by Crippen LogP contribution is 2.25. The second-order valence-electron chi connectivity index (χ2n) is 4.17. The van der Waals surface area contributed by atoms with E-state index in [9.17, 15) is 0 Å². The summed E-state index contributed by atoms with van der Waals surface area (Å²) in [6.45, 7) is 5.74. The van der Waals surface area contributed by atoms with Crippen LogP contribution in [0.5, 0.6) is 0 Å². The molecule has 0 saturated carbocycles. The molecule has 0 aliphatic carbocycles. The summed E-state index contributed by atoms with van der Waals surface area (Å²) in [7, 11) is 0. The minimum atomic E-state index is 0.347. The van der Waals surface area contributed by atoms with E-state index in [0.717, 1.165) is 17.1 Å². The quantitative estimate of drug-likeness (QED) is 0.677. The average molecular weight is 263 g/mol. The van der Waals surface area contributed by atoms with Crippen LogP contribution in [0.25, 0.3) is 17.2 Å². The number of halogens is 1. The van der Waals surface area contributed by atoms with Gasteiger partial charge in [0.25, 0.3) is 0 Å². The number of hydrogen-bond donors (Lipinski definition) is 0. The SMILES string of the molecule is Cc1ccc(-c2nnc3c(Cl)nc(C)c(C)n23)o1. The predicted molar refractivity (Wildman–Crippen MR) is 67.7 cm³/mol. The molecule has 0 radical (unpaired) electrons. The lowest BCUT2D eigenvalue weighted by Crippen LogP contribution is -2.00. The van der Waals surface area contributed by atoms with Crippen LogP contribution < -0.4 is 0 Å². The molecule has 0 bridgehead atoms. The Bertz CT molecular complexity index is 744. The van der Waals surface area contributed by atoms with Gasteiger partial charge in [-0.1, -0.05) is 11.6 Å². The smallest absolute Gasteiger partial charge is 0.204 e. The van der Waals surface area contributed by atoms with E-state index < -0.39 is 0 Å². The van der Waals surface area contributed by atoms with Gasteiger partial charge in [0.15, 0.2) is 16.6 Å². The van der Waals surface area contributed by atoms with E-state index in [1.54, 1.807) is 0 Å². The van der Waals surface area contributed by atoms with Gasteiger partial charge in [-0.15, -0.1) is 10.2 Å². The van der Waals surface area contributed by atoms with Crippen molar-refractivity contribution in [2.75, 3.05) is 0 Å². The third-order valence-corrected chi connectivity index (χ3v) is 3.19. The fourth-order valence-corrected chi connectivity index (χ4v) is 2.14. The van der Waals surface area contributed by atoms with E-state index in [0.29, 0.717) is 22.4 Å².